The molecule has 5 nitrogen and oxygen atoms in total. The molecule has 3 heterocycles. The SMILES string of the molecule is CC(=O)N1[C@@H]2CC[C@H]1[C@H]1C(=O)N(c3cc(Cl)cc(Cl)c3)C(=O)[C@H]12. The molecule has 0 aromatic heterocycles. The molecule has 3 aliphatic heterocycles. The van der Waals surface area contributed by atoms with E-state index in [0.717, 1.165) is 12.8 Å². The molecule has 1 aromatic rings. The third-order valence-corrected chi connectivity index (χ3v) is 5.61. The average Bonchev–Trinajstić information content (AvgIpc) is 3.08. The van der Waals surface area contributed by atoms with Gasteiger partial charge in [-0.25, -0.2) is 4.90 Å². The maximum Gasteiger partial charge on any atom is 0.239 e. The van der Waals surface area contributed by atoms with Crippen molar-refractivity contribution in [3.63, 3.8) is 0 Å². The first kappa shape index (κ1) is 15.0. The minimum atomic E-state index is -0.442. The van der Waals surface area contributed by atoms with E-state index in [9.17, 15) is 14.4 Å². The molecule has 0 unspecified atom stereocenters. The van der Waals surface area contributed by atoms with E-state index in [4.69, 9.17) is 23.2 Å². The predicted molar refractivity (Wildman–Crippen MR) is 85.3 cm³/mol. The fraction of sp³-hybridized carbons (Fsp3) is 0.438. The molecule has 3 amide bonds. The van der Waals surface area contributed by atoms with E-state index < -0.39 is 11.8 Å². The Morgan fingerprint density at radius 1 is 1.00 bits per heavy atom. The predicted octanol–water partition coefficient (Wildman–Crippen LogP) is 2.49. The Bertz CT molecular complexity index is 701. The molecule has 4 rings (SSSR count). The zero-order chi connectivity index (χ0) is 16.5. The van der Waals surface area contributed by atoms with Crippen LogP contribution in [0.5, 0.6) is 0 Å². The number of amides is 3. The van der Waals surface area contributed by atoms with Gasteiger partial charge in [0.1, 0.15) is 0 Å². The monoisotopic (exact) mass is 352 g/mol. The lowest BCUT2D eigenvalue weighted by molar-refractivity contribution is -0.131. The zero-order valence-electron chi connectivity index (χ0n) is 12.3. The van der Waals surface area contributed by atoms with Gasteiger partial charge in [-0.05, 0) is 31.0 Å². The highest BCUT2D eigenvalue weighted by Crippen LogP contribution is 2.51. The smallest absolute Gasteiger partial charge is 0.239 e. The number of carbonyl (C=O) groups is 3. The summed E-state index contributed by atoms with van der Waals surface area (Å²) in [4.78, 5) is 40.5. The van der Waals surface area contributed by atoms with Gasteiger partial charge in [0, 0.05) is 29.1 Å². The van der Waals surface area contributed by atoms with Crippen LogP contribution in [-0.2, 0) is 14.4 Å². The Labute approximate surface area is 143 Å². The average molecular weight is 353 g/mol. The van der Waals surface area contributed by atoms with Crippen LogP contribution in [0.25, 0.3) is 0 Å². The lowest BCUT2D eigenvalue weighted by Gasteiger charge is -2.25. The largest absolute Gasteiger partial charge is 0.335 e. The molecule has 120 valence electrons. The standard InChI is InChI=1S/C16H14Cl2N2O3/c1-7(21)19-11-2-3-12(19)14-13(11)15(22)20(16(14)23)10-5-8(17)4-9(18)6-10/h4-6,11-14H,2-3H2,1H3/t11-,12+,13+,14-. The summed E-state index contributed by atoms with van der Waals surface area (Å²) in [6.07, 6.45) is 1.54. The molecule has 0 saturated carbocycles. The Balaban J connectivity index is 1.74. The van der Waals surface area contributed by atoms with Crippen LogP contribution in [0.1, 0.15) is 19.8 Å². The van der Waals surface area contributed by atoms with E-state index in [1.54, 1.807) is 23.1 Å². The quantitative estimate of drug-likeness (QED) is 0.729. The van der Waals surface area contributed by atoms with Gasteiger partial charge in [0.2, 0.25) is 17.7 Å². The number of hydrogen-bond donors (Lipinski definition) is 0. The molecule has 0 N–H and O–H groups in total. The van der Waals surface area contributed by atoms with Gasteiger partial charge in [0.05, 0.1) is 17.5 Å². The van der Waals surface area contributed by atoms with Gasteiger partial charge in [-0.2, -0.15) is 0 Å². The molecule has 7 heteroatoms. The molecule has 3 aliphatic rings. The van der Waals surface area contributed by atoms with Crippen LogP contribution in [0.3, 0.4) is 0 Å². The van der Waals surface area contributed by atoms with Gasteiger partial charge in [-0.1, -0.05) is 23.2 Å². The summed E-state index contributed by atoms with van der Waals surface area (Å²) in [6.45, 7) is 1.50. The van der Waals surface area contributed by atoms with Crippen molar-refractivity contribution < 1.29 is 14.4 Å². The highest BCUT2D eigenvalue weighted by Gasteiger charge is 2.65. The number of fused-ring (bicyclic) bond motifs is 5. The third kappa shape index (κ3) is 1.96. The molecule has 3 fully saturated rings. The topological polar surface area (TPSA) is 57.7 Å². The van der Waals surface area contributed by atoms with Crippen molar-refractivity contribution in [3.05, 3.63) is 28.2 Å². The molecule has 23 heavy (non-hydrogen) atoms. The van der Waals surface area contributed by atoms with Crippen LogP contribution in [0, 0.1) is 11.8 Å². The number of benzene rings is 1. The van der Waals surface area contributed by atoms with Crippen LogP contribution < -0.4 is 4.90 Å². The molecule has 1 aromatic carbocycles. The van der Waals surface area contributed by atoms with Crippen molar-refractivity contribution in [2.24, 2.45) is 11.8 Å². The third-order valence-electron chi connectivity index (χ3n) is 5.17. The first-order valence-corrected chi connectivity index (χ1v) is 8.28. The normalized spacial score (nSPS) is 32.0. The van der Waals surface area contributed by atoms with Gasteiger partial charge in [-0.15, -0.1) is 0 Å². The van der Waals surface area contributed by atoms with Gasteiger partial charge in [0.25, 0.3) is 0 Å². The number of carbonyl (C=O) groups excluding carboxylic acids is 3. The molecular weight excluding hydrogens is 339 g/mol. The van der Waals surface area contributed by atoms with Gasteiger partial charge in [0.15, 0.2) is 0 Å². The summed E-state index contributed by atoms with van der Waals surface area (Å²) >= 11 is 12.0. The first-order chi connectivity index (χ1) is 10.9. The highest BCUT2D eigenvalue weighted by atomic mass is 35.5. The van der Waals surface area contributed by atoms with Crippen molar-refractivity contribution >= 4 is 46.6 Å². The minimum absolute atomic E-state index is 0.0650. The lowest BCUT2D eigenvalue weighted by atomic mass is 9.81. The fourth-order valence-electron chi connectivity index (χ4n) is 4.48. The van der Waals surface area contributed by atoms with E-state index in [-0.39, 0.29) is 29.8 Å². The van der Waals surface area contributed by atoms with Crippen molar-refractivity contribution in [2.45, 2.75) is 31.8 Å². The maximum absolute atomic E-state index is 12.9. The molecule has 0 spiro atoms. The minimum Gasteiger partial charge on any atom is -0.335 e. The Hall–Kier alpha value is -1.59. The van der Waals surface area contributed by atoms with E-state index in [1.807, 2.05) is 0 Å². The second-order valence-corrected chi connectivity index (χ2v) is 7.20. The molecule has 0 radical (unpaired) electrons. The van der Waals surface area contributed by atoms with Crippen molar-refractivity contribution in [2.75, 3.05) is 4.90 Å². The van der Waals surface area contributed by atoms with Gasteiger partial charge < -0.3 is 4.90 Å². The van der Waals surface area contributed by atoms with Crippen LogP contribution in [-0.4, -0.2) is 34.7 Å². The Morgan fingerprint density at radius 3 is 1.91 bits per heavy atom. The van der Waals surface area contributed by atoms with Crippen LogP contribution >= 0.6 is 23.2 Å². The summed E-state index contributed by atoms with van der Waals surface area (Å²) in [5.41, 5.74) is 0.403. The number of nitrogens with zero attached hydrogens (tertiary/aromatic N) is 2. The highest BCUT2D eigenvalue weighted by molar-refractivity contribution is 6.35. The van der Waals surface area contributed by atoms with Gasteiger partial charge in [-0.3, -0.25) is 14.4 Å². The van der Waals surface area contributed by atoms with Crippen molar-refractivity contribution in [1.29, 1.82) is 0 Å². The van der Waals surface area contributed by atoms with Crippen molar-refractivity contribution in [3.8, 4) is 0 Å². The molecule has 0 aliphatic carbocycles. The zero-order valence-corrected chi connectivity index (χ0v) is 13.8. The summed E-state index contributed by atoms with van der Waals surface area (Å²) in [5.74, 6) is -1.45. The second-order valence-electron chi connectivity index (χ2n) is 6.33. The Kier molecular flexibility index (Phi) is 3.22. The number of imide groups is 1. The van der Waals surface area contributed by atoms with E-state index in [1.165, 1.54) is 11.8 Å². The van der Waals surface area contributed by atoms with E-state index >= 15 is 0 Å². The number of halogens is 2. The van der Waals surface area contributed by atoms with E-state index in [2.05, 4.69) is 0 Å². The van der Waals surface area contributed by atoms with Crippen molar-refractivity contribution in [1.82, 2.24) is 4.90 Å². The van der Waals surface area contributed by atoms with Gasteiger partial charge >= 0.3 is 0 Å². The number of anilines is 1. The summed E-state index contributed by atoms with van der Waals surface area (Å²) in [7, 11) is 0. The van der Waals surface area contributed by atoms with E-state index in [0.29, 0.717) is 15.7 Å². The summed E-state index contributed by atoms with van der Waals surface area (Å²) < 4.78 is 0. The molecular formula is C16H14Cl2N2O3. The van der Waals surface area contributed by atoms with Crippen LogP contribution in [0.4, 0.5) is 5.69 Å². The summed E-state index contributed by atoms with van der Waals surface area (Å²) in [6, 6.07) is 4.35. The number of hydrogen-bond acceptors (Lipinski definition) is 3. The van der Waals surface area contributed by atoms with Crippen LogP contribution in [0.15, 0.2) is 18.2 Å². The molecule has 3 saturated heterocycles. The summed E-state index contributed by atoms with van der Waals surface area (Å²) in [5, 5.41) is 0.747. The lowest BCUT2D eigenvalue weighted by Crippen LogP contribution is -2.42. The molecule has 2 bridgehead atoms. The fourth-order valence-corrected chi connectivity index (χ4v) is 5.00. The first-order valence-electron chi connectivity index (χ1n) is 7.53. The molecule has 4 atom stereocenters. The number of rotatable bonds is 1. The second kappa shape index (κ2) is 4.95. The Morgan fingerprint density at radius 2 is 1.48 bits per heavy atom. The van der Waals surface area contributed by atoms with Crippen LogP contribution in [0.2, 0.25) is 10.0 Å². The maximum atomic E-state index is 12.9.